The van der Waals surface area contributed by atoms with E-state index in [4.69, 9.17) is 0 Å². The lowest BCUT2D eigenvalue weighted by molar-refractivity contribution is 0.0631. The van der Waals surface area contributed by atoms with Crippen molar-refractivity contribution in [1.82, 2.24) is 24.8 Å². The second-order valence-corrected chi connectivity index (χ2v) is 7.54. The first-order valence-electron chi connectivity index (χ1n) is 9.01. The van der Waals surface area contributed by atoms with Gasteiger partial charge in [-0.15, -0.1) is 11.3 Å². The number of amides is 1. The SMILES string of the molecule is Cc1nc(-c2ccccn2)sc1C(=O)N1CCN(Cc2ccccn2)CC1. The fourth-order valence-electron chi connectivity index (χ4n) is 3.17. The van der Waals surface area contributed by atoms with E-state index in [-0.39, 0.29) is 5.91 Å². The van der Waals surface area contributed by atoms with Crippen molar-refractivity contribution in [1.29, 1.82) is 0 Å². The van der Waals surface area contributed by atoms with Gasteiger partial charge in [-0.2, -0.15) is 0 Å². The van der Waals surface area contributed by atoms with Crippen molar-refractivity contribution in [2.24, 2.45) is 0 Å². The Balaban J connectivity index is 1.40. The molecule has 0 atom stereocenters. The molecule has 0 aromatic carbocycles. The highest BCUT2D eigenvalue weighted by atomic mass is 32.1. The molecule has 0 aliphatic carbocycles. The summed E-state index contributed by atoms with van der Waals surface area (Å²) in [6.45, 7) is 5.88. The van der Waals surface area contributed by atoms with E-state index < -0.39 is 0 Å². The van der Waals surface area contributed by atoms with Crippen molar-refractivity contribution in [3.8, 4) is 10.7 Å². The second-order valence-electron chi connectivity index (χ2n) is 6.54. The summed E-state index contributed by atoms with van der Waals surface area (Å²) in [6.07, 6.45) is 3.56. The first kappa shape index (κ1) is 17.8. The lowest BCUT2D eigenvalue weighted by atomic mass is 10.2. The molecular formula is C20H21N5OS. The van der Waals surface area contributed by atoms with E-state index in [0.29, 0.717) is 4.88 Å². The summed E-state index contributed by atoms with van der Waals surface area (Å²) in [6, 6.07) is 11.7. The maximum absolute atomic E-state index is 13.0. The molecule has 6 nitrogen and oxygen atoms in total. The van der Waals surface area contributed by atoms with E-state index in [0.717, 1.165) is 54.8 Å². The first-order valence-corrected chi connectivity index (χ1v) is 9.83. The first-order chi connectivity index (χ1) is 13.2. The molecule has 1 saturated heterocycles. The number of aryl methyl sites for hydroxylation is 1. The molecule has 1 amide bonds. The van der Waals surface area contributed by atoms with Crippen molar-refractivity contribution in [3.05, 3.63) is 65.1 Å². The van der Waals surface area contributed by atoms with E-state index >= 15 is 0 Å². The van der Waals surface area contributed by atoms with Crippen LogP contribution < -0.4 is 0 Å². The molecule has 4 heterocycles. The topological polar surface area (TPSA) is 62.2 Å². The normalized spacial score (nSPS) is 15.1. The van der Waals surface area contributed by atoms with Crippen LogP contribution in [0.15, 0.2) is 48.8 Å². The minimum atomic E-state index is 0.0738. The molecule has 1 aliphatic rings. The summed E-state index contributed by atoms with van der Waals surface area (Å²) < 4.78 is 0. The molecule has 1 aliphatic heterocycles. The van der Waals surface area contributed by atoms with Crippen molar-refractivity contribution in [2.75, 3.05) is 26.2 Å². The lowest BCUT2D eigenvalue weighted by Crippen LogP contribution is -2.48. The van der Waals surface area contributed by atoms with Gasteiger partial charge in [0, 0.05) is 45.1 Å². The molecule has 0 N–H and O–H groups in total. The van der Waals surface area contributed by atoms with Crippen LogP contribution in [0.3, 0.4) is 0 Å². The zero-order valence-electron chi connectivity index (χ0n) is 15.2. The Morgan fingerprint density at radius 3 is 2.44 bits per heavy atom. The predicted molar refractivity (Wildman–Crippen MR) is 105 cm³/mol. The summed E-state index contributed by atoms with van der Waals surface area (Å²) in [5.74, 6) is 0.0738. The summed E-state index contributed by atoms with van der Waals surface area (Å²) in [5.41, 5.74) is 2.65. The third kappa shape index (κ3) is 4.04. The van der Waals surface area contributed by atoms with Crippen LogP contribution in [0.4, 0.5) is 0 Å². The average Bonchev–Trinajstić information content (AvgIpc) is 3.11. The zero-order valence-corrected chi connectivity index (χ0v) is 16.0. The third-order valence-corrected chi connectivity index (χ3v) is 5.81. The maximum Gasteiger partial charge on any atom is 0.265 e. The van der Waals surface area contributed by atoms with Crippen LogP contribution in [-0.2, 0) is 6.54 Å². The Morgan fingerprint density at radius 1 is 1.04 bits per heavy atom. The molecule has 1 fully saturated rings. The monoisotopic (exact) mass is 379 g/mol. The van der Waals surface area contributed by atoms with Gasteiger partial charge in [0.1, 0.15) is 9.88 Å². The van der Waals surface area contributed by atoms with Gasteiger partial charge in [-0.05, 0) is 31.2 Å². The quantitative estimate of drug-likeness (QED) is 0.698. The van der Waals surface area contributed by atoms with Crippen LogP contribution in [0.5, 0.6) is 0 Å². The minimum absolute atomic E-state index is 0.0738. The Morgan fingerprint density at radius 2 is 1.78 bits per heavy atom. The van der Waals surface area contributed by atoms with E-state index in [2.05, 4.69) is 19.9 Å². The molecule has 0 radical (unpaired) electrons. The predicted octanol–water partition coefficient (Wildman–Crippen LogP) is 2.87. The van der Waals surface area contributed by atoms with Crippen molar-refractivity contribution < 1.29 is 4.79 Å². The molecule has 27 heavy (non-hydrogen) atoms. The number of rotatable bonds is 4. The van der Waals surface area contributed by atoms with Crippen molar-refractivity contribution in [3.63, 3.8) is 0 Å². The highest BCUT2D eigenvalue weighted by molar-refractivity contribution is 7.17. The smallest absolute Gasteiger partial charge is 0.265 e. The van der Waals surface area contributed by atoms with Gasteiger partial charge in [0.2, 0.25) is 0 Å². The number of carbonyl (C=O) groups excluding carboxylic acids is 1. The standard InChI is InChI=1S/C20H21N5OS/c1-15-18(27-19(23-15)17-7-3-5-9-22-17)20(26)25-12-10-24(11-13-25)14-16-6-2-4-8-21-16/h2-9H,10-14H2,1H3. The summed E-state index contributed by atoms with van der Waals surface area (Å²) >= 11 is 1.43. The van der Waals surface area contributed by atoms with Crippen LogP contribution in [0, 0.1) is 6.92 Å². The number of hydrogen-bond donors (Lipinski definition) is 0. The van der Waals surface area contributed by atoms with Crippen LogP contribution in [-0.4, -0.2) is 56.8 Å². The number of hydrogen-bond acceptors (Lipinski definition) is 6. The highest BCUT2D eigenvalue weighted by Gasteiger charge is 2.26. The molecule has 4 rings (SSSR count). The van der Waals surface area contributed by atoms with E-state index in [1.807, 2.05) is 54.4 Å². The van der Waals surface area contributed by atoms with Crippen molar-refractivity contribution in [2.45, 2.75) is 13.5 Å². The average molecular weight is 379 g/mol. The Kier molecular flexibility index (Phi) is 5.22. The van der Waals surface area contributed by atoms with Gasteiger partial charge < -0.3 is 4.90 Å². The molecular weight excluding hydrogens is 358 g/mol. The molecule has 3 aromatic heterocycles. The Labute approximate surface area is 162 Å². The number of aromatic nitrogens is 3. The molecule has 3 aromatic rings. The lowest BCUT2D eigenvalue weighted by Gasteiger charge is -2.34. The molecule has 0 unspecified atom stereocenters. The van der Waals surface area contributed by atoms with Gasteiger partial charge >= 0.3 is 0 Å². The summed E-state index contributed by atoms with van der Waals surface area (Å²) in [5, 5.41) is 0.797. The van der Waals surface area contributed by atoms with Gasteiger partial charge in [-0.25, -0.2) is 4.98 Å². The highest BCUT2D eigenvalue weighted by Crippen LogP contribution is 2.27. The van der Waals surface area contributed by atoms with E-state index in [1.54, 1.807) is 6.20 Å². The maximum atomic E-state index is 13.0. The Hall–Kier alpha value is -2.64. The third-order valence-electron chi connectivity index (χ3n) is 4.65. The fraction of sp³-hybridized carbons (Fsp3) is 0.300. The minimum Gasteiger partial charge on any atom is -0.335 e. The van der Waals surface area contributed by atoms with Crippen LogP contribution >= 0.6 is 11.3 Å². The van der Waals surface area contributed by atoms with Gasteiger partial charge in [-0.3, -0.25) is 19.7 Å². The Bertz CT molecular complexity index is 905. The van der Waals surface area contributed by atoms with Gasteiger partial charge in [-0.1, -0.05) is 12.1 Å². The fourth-order valence-corrected chi connectivity index (χ4v) is 4.18. The van der Waals surface area contributed by atoms with E-state index in [1.165, 1.54) is 11.3 Å². The van der Waals surface area contributed by atoms with Crippen molar-refractivity contribution >= 4 is 17.2 Å². The van der Waals surface area contributed by atoms with Crippen LogP contribution in [0.25, 0.3) is 10.7 Å². The molecule has 0 spiro atoms. The largest absolute Gasteiger partial charge is 0.335 e. The summed E-state index contributed by atoms with van der Waals surface area (Å²) in [7, 11) is 0. The summed E-state index contributed by atoms with van der Waals surface area (Å²) in [4.78, 5) is 31.2. The zero-order chi connectivity index (χ0) is 18.6. The molecule has 0 bridgehead atoms. The number of nitrogens with zero attached hydrogens (tertiary/aromatic N) is 5. The van der Waals surface area contributed by atoms with Crippen LogP contribution in [0.2, 0.25) is 0 Å². The number of thiazole rings is 1. The van der Waals surface area contributed by atoms with Gasteiger partial charge in [0.05, 0.1) is 17.1 Å². The molecule has 0 saturated carbocycles. The van der Waals surface area contributed by atoms with Gasteiger partial charge in [0.25, 0.3) is 5.91 Å². The molecule has 7 heteroatoms. The second kappa shape index (κ2) is 7.94. The van der Waals surface area contributed by atoms with Crippen LogP contribution in [0.1, 0.15) is 21.1 Å². The van der Waals surface area contributed by atoms with E-state index in [9.17, 15) is 4.79 Å². The number of pyridine rings is 2. The number of piperazine rings is 1. The van der Waals surface area contributed by atoms with Gasteiger partial charge in [0.15, 0.2) is 0 Å². The number of carbonyl (C=O) groups is 1. The molecule has 138 valence electrons.